The molecular weight excluding hydrogens is 320 g/mol. The molecule has 0 aliphatic rings. The fraction of sp³-hybridized carbons (Fsp3) is 0.278. The standard InChI is InChI=1S/C18H20N4O3/c1-2-13(23)8-10-20-18(24)21-12-6-7-14-16(11-12)25-17(22-14)15-5-3-4-9-19-15/h3-7,9,11,13,23H,2,8,10H2,1H3,(H2,20,21,24). The first-order valence-electron chi connectivity index (χ1n) is 8.20. The van der Waals surface area contributed by atoms with E-state index in [0.717, 1.165) is 0 Å². The number of pyridine rings is 1. The third-order valence-corrected chi connectivity index (χ3v) is 3.76. The third kappa shape index (κ3) is 4.33. The van der Waals surface area contributed by atoms with Gasteiger partial charge in [0.05, 0.1) is 6.10 Å². The summed E-state index contributed by atoms with van der Waals surface area (Å²) < 4.78 is 5.73. The second-order valence-corrected chi connectivity index (χ2v) is 5.65. The van der Waals surface area contributed by atoms with Crippen LogP contribution in [0.2, 0.25) is 0 Å². The van der Waals surface area contributed by atoms with Crippen molar-refractivity contribution in [1.82, 2.24) is 15.3 Å². The molecule has 0 bridgehead atoms. The van der Waals surface area contributed by atoms with Crippen LogP contribution in [0, 0.1) is 0 Å². The predicted molar refractivity (Wildman–Crippen MR) is 95.2 cm³/mol. The Morgan fingerprint density at radius 3 is 2.96 bits per heavy atom. The zero-order valence-corrected chi connectivity index (χ0v) is 13.9. The molecule has 2 aromatic heterocycles. The van der Waals surface area contributed by atoms with E-state index >= 15 is 0 Å². The summed E-state index contributed by atoms with van der Waals surface area (Å²) in [6, 6.07) is 10.4. The average molecular weight is 340 g/mol. The van der Waals surface area contributed by atoms with Gasteiger partial charge in [0.2, 0.25) is 5.89 Å². The number of benzene rings is 1. The summed E-state index contributed by atoms with van der Waals surface area (Å²) in [5, 5.41) is 14.9. The molecule has 0 saturated heterocycles. The molecule has 0 radical (unpaired) electrons. The second kappa shape index (κ2) is 7.76. The Hall–Kier alpha value is -2.93. The van der Waals surface area contributed by atoms with Gasteiger partial charge in [0.25, 0.3) is 0 Å². The molecule has 1 aromatic carbocycles. The predicted octanol–water partition coefficient (Wildman–Crippen LogP) is 3.17. The Balaban J connectivity index is 1.66. The molecule has 3 aromatic rings. The van der Waals surface area contributed by atoms with Gasteiger partial charge < -0.3 is 20.2 Å². The van der Waals surface area contributed by atoms with Crippen molar-refractivity contribution >= 4 is 22.8 Å². The third-order valence-electron chi connectivity index (χ3n) is 3.76. The molecule has 7 nitrogen and oxygen atoms in total. The number of aromatic nitrogens is 2. The minimum atomic E-state index is -0.393. The summed E-state index contributed by atoms with van der Waals surface area (Å²) in [5.41, 5.74) is 2.52. The van der Waals surface area contributed by atoms with Gasteiger partial charge in [-0.3, -0.25) is 4.98 Å². The first-order chi connectivity index (χ1) is 12.2. The molecule has 130 valence electrons. The summed E-state index contributed by atoms with van der Waals surface area (Å²) in [6.07, 6.45) is 2.48. The molecule has 0 fully saturated rings. The van der Waals surface area contributed by atoms with Gasteiger partial charge in [-0.25, -0.2) is 9.78 Å². The van der Waals surface area contributed by atoms with E-state index in [1.165, 1.54) is 0 Å². The smallest absolute Gasteiger partial charge is 0.319 e. The van der Waals surface area contributed by atoms with Gasteiger partial charge in [0.15, 0.2) is 5.58 Å². The van der Waals surface area contributed by atoms with Crippen LogP contribution in [0.3, 0.4) is 0 Å². The van der Waals surface area contributed by atoms with Crippen LogP contribution in [0.4, 0.5) is 10.5 Å². The van der Waals surface area contributed by atoms with Gasteiger partial charge >= 0.3 is 6.03 Å². The monoisotopic (exact) mass is 340 g/mol. The van der Waals surface area contributed by atoms with Crippen LogP contribution in [0.25, 0.3) is 22.7 Å². The highest BCUT2D eigenvalue weighted by molar-refractivity contribution is 5.91. The molecular formula is C18H20N4O3. The Kier molecular flexibility index (Phi) is 5.25. The van der Waals surface area contributed by atoms with Gasteiger partial charge in [-0.15, -0.1) is 0 Å². The average Bonchev–Trinajstić information content (AvgIpc) is 3.05. The number of aliphatic hydroxyl groups excluding tert-OH is 1. The molecule has 0 aliphatic carbocycles. The number of carbonyl (C=O) groups excluding carboxylic acids is 1. The van der Waals surface area contributed by atoms with E-state index in [0.29, 0.717) is 47.8 Å². The molecule has 7 heteroatoms. The van der Waals surface area contributed by atoms with Crippen molar-refractivity contribution in [3.63, 3.8) is 0 Å². The maximum atomic E-state index is 11.9. The van der Waals surface area contributed by atoms with Gasteiger partial charge in [-0.05, 0) is 37.1 Å². The van der Waals surface area contributed by atoms with Crippen molar-refractivity contribution < 1.29 is 14.3 Å². The van der Waals surface area contributed by atoms with Gasteiger partial charge in [0, 0.05) is 24.5 Å². The largest absolute Gasteiger partial charge is 0.435 e. The van der Waals surface area contributed by atoms with E-state index in [2.05, 4.69) is 20.6 Å². The lowest BCUT2D eigenvalue weighted by atomic mass is 10.2. The minimum absolute atomic E-state index is 0.327. The molecule has 0 saturated carbocycles. The van der Waals surface area contributed by atoms with Crippen LogP contribution in [0.15, 0.2) is 47.0 Å². The zero-order valence-electron chi connectivity index (χ0n) is 13.9. The van der Waals surface area contributed by atoms with Crippen LogP contribution in [0.1, 0.15) is 19.8 Å². The number of hydrogen-bond donors (Lipinski definition) is 3. The number of fused-ring (bicyclic) bond motifs is 1. The molecule has 3 rings (SSSR count). The van der Waals surface area contributed by atoms with Crippen LogP contribution in [0.5, 0.6) is 0 Å². The lowest BCUT2D eigenvalue weighted by Gasteiger charge is -2.09. The van der Waals surface area contributed by atoms with E-state index in [1.807, 2.05) is 25.1 Å². The number of oxazole rings is 1. The second-order valence-electron chi connectivity index (χ2n) is 5.65. The maximum absolute atomic E-state index is 11.9. The molecule has 1 unspecified atom stereocenters. The molecule has 2 amide bonds. The van der Waals surface area contributed by atoms with Crippen molar-refractivity contribution in [2.75, 3.05) is 11.9 Å². The Bertz CT molecular complexity index is 848. The Labute approximate surface area is 145 Å². The number of nitrogens with zero attached hydrogens (tertiary/aromatic N) is 2. The van der Waals surface area contributed by atoms with Crippen LogP contribution in [-0.2, 0) is 0 Å². The number of amides is 2. The molecule has 25 heavy (non-hydrogen) atoms. The fourth-order valence-electron chi connectivity index (χ4n) is 2.33. The summed E-state index contributed by atoms with van der Waals surface area (Å²) >= 11 is 0. The van der Waals surface area contributed by atoms with Crippen molar-refractivity contribution in [3.05, 3.63) is 42.6 Å². The summed E-state index contributed by atoms with van der Waals surface area (Å²) in [4.78, 5) is 20.5. The SMILES string of the molecule is CCC(O)CCNC(=O)Nc1ccc2nc(-c3ccccn3)oc2c1. The van der Waals surface area contributed by atoms with Crippen molar-refractivity contribution in [2.45, 2.75) is 25.9 Å². The van der Waals surface area contributed by atoms with Crippen LogP contribution in [-0.4, -0.2) is 33.8 Å². The fourth-order valence-corrected chi connectivity index (χ4v) is 2.33. The van der Waals surface area contributed by atoms with Gasteiger partial charge in [-0.1, -0.05) is 13.0 Å². The maximum Gasteiger partial charge on any atom is 0.319 e. The highest BCUT2D eigenvalue weighted by Gasteiger charge is 2.10. The highest BCUT2D eigenvalue weighted by atomic mass is 16.3. The van der Waals surface area contributed by atoms with Gasteiger partial charge in [0.1, 0.15) is 11.2 Å². The lowest BCUT2D eigenvalue weighted by Crippen LogP contribution is -2.31. The normalized spacial score (nSPS) is 12.1. The molecule has 2 heterocycles. The molecule has 0 aliphatic heterocycles. The van der Waals surface area contributed by atoms with Crippen molar-refractivity contribution in [1.29, 1.82) is 0 Å². The molecule has 0 spiro atoms. The minimum Gasteiger partial charge on any atom is -0.435 e. The number of nitrogens with one attached hydrogen (secondary N) is 2. The Morgan fingerprint density at radius 1 is 1.32 bits per heavy atom. The summed E-state index contributed by atoms with van der Waals surface area (Å²) in [7, 11) is 0. The lowest BCUT2D eigenvalue weighted by molar-refractivity contribution is 0.160. The summed E-state index contributed by atoms with van der Waals surface area (Å²) in [6.45, 7) is 2.31. The van der Waals surface area contributed by atoms with Gasteiger partial charge in [-0.2, -0.15) is 0 Å². The number of anilines is 1. The van der Waals surface area contributed by atoms with Crippen molar-refractivity contribution in [2.24, 2.45) is 0 Å². The van der Waals surface area contributed by atoms with Crippen molar-refractivity contribution in [3.8, 4) is 11.6 Å². The quantitative estimate of drug-likeness (QED) is 0.640. The first kappa shape index (κ1) is 16.9. The highest BCUT2D eigenvalue weighted by Crippen LogP contribution is 2.25. The molecule has 3 N–H and O–H groups in total. The number of aliphatic hydroxyl groups is 1. The number of rotatable bonds is 6. The van der Waals surface area contributed by atoms with E-state index in [4.69, 9.17) is 4.42 Å². The Morgan fingerprint density at radius 2 is 2.20 bits per heavy atom. The zero-order chi connectivity index (χ0) is 17.6. The van der Waals surface area contributed by atoms with Crippen LogP contribution >= 0.6 is 0 Å². The first-order valence-corrected chi connectivity index (χ1v) is 8.20. The van der Waals surface area contributed by atoms with E-state index in [9.17, 15) is 9.90 Å². The number of carbonyl (C=O) groups is 1. The van der Waals surface area contributed by atoms with E-state index < -0.39 is 6.10 Å². The number of urea groups is 1. The van der Waals surface area contributed by atoms with E-state index in [-0.39, 0.29) is 6.03 Å². The molecule has 1 atom stereocenters. The van der Waals surface area contributed by atoms with E-state index in [1.54, 1.807) is 24.4 Å². The topological polar surface area (TPSA) is 100 Å². The summed E-state index contributed by atoms with van der Waals surface area (Å²) in [5.74, 6) is 0.436. The number of hydrogen-bond acceptors (Lipinski definition) is 5. The van der Waals surface area contributed by atoms with Crippen LogP contribution < -0.4 is 10.6 Å².